The lowest BCUT2D eigenvalue weighted by Crippen LogP contribution is -2.30. The Hall–Kier alpha value is -0.930. The summed E-state index contributed by atoms with van der Waals surface area (Å²) >= 11 is 0. The Morgan fingerprint density at radius 1 is 1.78 bits per heavy atom. The van der Waals surface area contributed by atoms with Crippen LogP contribution in [-0.2, 0) is 0 Å². The molecule has 1 aliphatic rings. The fourth-order valence-corrected chi connectivity index (χ4v) is 0.755. The zero-order chi connectivity index (χ0) is 6.91. The number of nitrogens with zero attached hydrogens (tertiary/aromatic N) is 2. The van der Waals surface area contributed by atoms with Crippen LogP contribution in [0.4, 0.5) is 0 Å². The van der Waals surface area contributed by atoms with Crippen molar-refractivity contribution in [1.29, 1.82) is 5.53 Å². The predicted octanol–water partition coefficient (Wildman–Crippen LogP) is 1.10. The molecule has 0 bridgehead atoms. The van der Waals surface area contributed by atoms with Crippen LogP contribution in [0.5, 0.6) is 0 Å². The second-order valence-electron chi connectivity index (χ2n) is 2.81. The maximum absolute atomic E-state index is 6.63. The maximum atomic E-state index is 6.63. The molecule has 1 aliphatic heterocycles. The van der Waals surface area contributed by atoms with Gasteiger partial charge < -0.3 is 5.43 Å². The molecule has 9 heavy (non-hydrogen) atoms. The van der Waals surface area contributed by atoms with E-state index >= 15 is 0 Å². The van der Waals surface area contributed by atoms with Gasteiger partial charge in [-0.25, -0.2) is 5.53 Å². The molecule has 0 aromatic rings. The van der Waals surface area contributed by atoms with Crippen molar-refractivity contribution >= 4 is 5.84 Å². The summed E-state index contributed by atoms with van der Waals surface area (Å²) in [6.07, 6.45) is 0.747. The molecular weight excluding hydrogens is 116 g/mol. The van der Waals surface area contributed by atoms with Gasteiger partial charge in [-0.3, -0.25) is 0 Å². The number of amidine groups is 1. The summed E-state index contributed by atoms with van der Waals surface area (Å²) in [5.41, 5.74) is 9.50. The average Bonchev–Trinajstić information content (AvgIpc) is 2.10. The number of hydrazone groups is 1. The minimum atomic E-state index is -0.000116. The van der Waals surface area contributed by atoms with E-state index in [4.69, 9.17) is 5.53 Å². The number of rotatable bonds is 0. The van der Waals surface area contributed by atoms with Crippen molar-refractivity contribution in [2.45, 2.75) is 25.8 Å². The van der Waals surface area contributed by atoms with Gasteiger partial charge in [-0.1, -0.05) is 0 Å². The Morgan fingerprint density at radius 2 is 2.44 bits per heavy atom. The van der Waals surface area contributed by atoms with E-state index in [0.29, 0.717) is 5.84 Å². The van der Waals surface area contributed by atoms with E-state index in [2.05, 4.69) is 15.6 Å². The van der Waals surface area contributed by atoms with Crippen molar-refractivity contribution in [2.75, 3.05) is 0 Å². The summed E-state index contributed by atoms with van der Waals surface area (Å²) in [6, 6.07) is 0. The van der Waals surface area contributed by atoms with E-state index in [-0.39, 0.29) is 5.54 Å². The molecule has 0 unspecified atom stereocenters. The highest BCUT2D eigenvalue weighted by atomic mass is 15.4. The molecule has 1 heterocycles. The summed E-state index contributed by atoms with van der Waals surface area (Å²) in [5, 5.41) is 7.04. The van der Waals surface area contributed by atoms with Crippen LogP contribution < -0.4 is 5.43 Å². The molecule has 0 spiro atoms. The standard InChI is InChI=1S/C5H10N4/c1-5(2)3-4(7-6)8-9-5/h6,9H,3H2,1-2H3. The van der Waals surface area contributed by atoms with Crippen molar-refractivity contribution in [3.05, 3.63) is 0 Å². The molecule has 0 radical (unpaired) electrons. The second-order valence-corrected chi connectivity index (χ2v) is 2.81. The summed E-state index contributed by atoms with van der Waals surface area (Å²) in [7, 11) is 0. The van der Waals surface area contributed by atoms with Crippen molar-refractivity contribution in [1.82, 2.24) is 5.43 Å². The van der Waals surface area contributed by atoms with E-state index in [1.807, 2.05) is 13.8 Å². The molecule has 4 nitrogen and oxygen atoms in total. The summed E-state index contributed by atoms with van der Waals surface area (Å²) in [6.45, 7) is 4.04. The molecule has 4 heteroatoms. The van der Waals surface area contributed by atoms with Crippen LogP contribution in [0.3, 0.4) is 0 Å². The Morgan fingerprint density at radius 3 is 2.67 bits per heavy atom. The van der Waals surface area contributed by atoms with E-state index in [0.717, 1.165) is 6.42 Å². The molecule has 0 atom stereocenters. The van der Waals surface area contributed by atoms with Crippen LogP contribution in [0, 0.1) is 5.53 Å². The first-order chi connectivity index (χ1) is 4.14. The van der Waals surface area contributed by atoms with Gasteiger partial charge in [-0.05, 0) is 13.8 Å². The van der Waals surface area contributed by atoms with Crippen molar-refractivity contribution in [3.63, 3.8) is 0 Å². The first kappa shape index (κ1) is 6.19. The lowest BCUT2D eigenvalue weighted by molar-refractivity contribution is 0.446. The molecule has 0 fully saturated rings. The Bertz CT molecular complexity index is 158. The van der Waals surface area contributed by atoms with Gasteiger partial charge in [-0.15, -0.1) is 5.11 Å². The van der Waals surface area contributed by atoms with E-state index in [1.165, 1.54) is 0 Å². The quantitative estimate of drug-likeness (QED) is 0.469. The minimum absolute atomic E-state index is 0.000116. The van der Waals surface area contributed by atoms with E-state index in [9.17, 15) is 0 Å². The molecule has 1 rings (SSSR count). The molecule has 50 valence electrons. The minimum Gasteiger partial charge on any atom is -0.302 e. The van der Waals surface area contributed by atoms with Gasteiger partial charge in [0, 0.05) is 6.42 Å². The zero-order valence-electron chi connectivity index (χ0n) is 5.60. The highest BCUT2D eigenvalue weighted by Gasteiger charge is 2.25. The second kappa shape index (κ2) is 1.79. The number of nitrogens with one attached hydrogen (secondary N) is 2. The lowest BCUT2D eigenvalue weighted by atomic mass is 10.0. The van der Waals surface area contributed by atoms with Gasteiger partial charge in [0.15, 0.2) is 5.84 Å². The predicted molar refractivity (Wildman–Crippen MR) is 34.4 cm³/mol. The van der Waals surface area contributed by atoms with E-state index < -0.39 is 0 Å². The van der Waals surface area contributed by atoms with Crippen molar-refractivity contribution in [3.8, 4) is 0 Å². The van der Waals surface area contributed by atoms with Gasteiger partial charge >= 0.3 is 0 Å². The van der Waals surface area contributed by atoms with Gasteiger partial charge in [-0.2, -0.15) is 5.10 Å². The summed E-state index contributed by atoms with van der Waals surface area (Å²) in [5.74, 6) is 0.583. The highest BCUT2D eigenvalue weighted by Crippen LogP contribution is 2.15. The Balaban J connectivity index is 2.59. The first-order valence-corrected chi connectivity index (χ1v) is 2.85. The molecule has 0 aromatic carbocycles. The molecule has 0 amide bonds. The third-order valence-electron chi connectivity index (χ3n) is 1.22. The molecular formula is C5H10N4. The third kappa shape index (κ3) is 1.25. The van der Waals surface area contributed by atoms with Crippen molar-refractivity contribution < 1.29 is 0 Å². The van der Waals surface area contributed by atoms with Crippen LogP contribution in [0.2, 0.25) is 0 Å². The van der Waals surface area contributed by atoms with Gasteiger partial charge in [0.1, 0.15) is 0 Å². The lowest BCUT2D eigenvalue weighted by Gasteiger charge is -2.14. The fraction of sp³-hybridized carbons (Fsp3) is 0.800. The average molecular weight is 126 g/mol. The van der Waals surface area contributed by atoms with Gasteiger partial charge in [0.25, 0.3) is 0 Å². The molecule has 0 aromatic heterocycles. The van der Waals surface area contributed by atoms with Crippen LogP contribution in [0.25, 0.3) is 0 Å². The van der Waals surface area contributed by atoms with Crippen LogP contribution >= 0.6 is 0 Å². The first-order valence-electron chi connectivity index (χ1n) is 2.85. The maximum Gasteiger partial charge on any atom is 0.172 e. The topological polar surface area (TPSA) is 60.6 Å². The zero-order valence-corrected chi connectivity index (χ0v) is 5.60. The van der Waals surface area contributed by atoms with Gasteiger partial charge in [0.2, 0.25) is 0 Å². The summed E-state index contributed by atoms with van der Waals surface area (Å²) < 4.78 is 0. The smallest absolute Gasteiger partial charge is 0.172 e. The highest BCUT2D eigenvalue weighted by molar-refractivity contribution is 5.84. The SMILES string of the molecule is CC1(C)CC(N=N)=NN1. The van der Waals surface area contributed by atoms with Gasteiger partial charge in [0.05, 0.1) is 5.54 Å². The molecule has 0 aliphatic carbocycles. The van der Waals surface area contributed by atoms with E-state index in [1.54, 1.807) is 0 Å². The Kier molecular flexibility index (Phi) is 1.23. The largest absolute Gasteiger partial charge is 0.302 e. The normalized spacial score (nSPS) is 22.7. The molecule has 2 N–H and O–H groups in total. The number of hydrogen-bond acceptors (Lipinski definition) is 4. The van der Waals surface area contributed by atoms with Crippen molar-refractivity contribution in [2.24, 2.45) is 10.2 Å². The van der Waals surface area contributed by atoms with Crippen LogP contribution in [0.15, 0.2) is 10.2 Å². The molecule has 0 saturated carbocycles. The van der Waals surface area contributed by atoms with Crippen LogP contribution in [-0.4, -0.2) is 11.4 Å². The third-order valence-corrected chi connectivity index (χ3v) is 1.22. The summed E-state index contributed by atoms with van der Waals surface area (Å²) in [4.78, 5) is 0. The number of hydrogen-bond donors (Lipinski definition) is 2. The monoisotopic (exact) mass is 126 g/mol. The molecule has 0 saturated heterocycles. The van der Waals surface area contributed by atoms with Crippen LogP contribution in [0.1, 0.15) is 20.3 Å². The Labute approximate surface area is 53.8 Å². The fourth-order valence-electron chi connectivity index (χ4n) is 0.755.